The Balaban J connectivity index is 1.79. The van der Waals surface area contributed by atoms with Gasteiger partial charge in [0.25, 0.3) is 0 Å². The summed E-state index contributed by atoms with van der Waals surface area (Å²) in [6.07, 6.45) is 4.98. The highest BCUT2D eigenvalue weighted by Gasteiger charge is 2.17. The van der Waals surface area contributed by atoms with Gasteiger partial charge in [0.2, 0.25) is 5.91 Å². The first-order chi connectivity index (χ1) is 10.1. The monoisotopic (exact) mass is 287 g/mol. The molecule has 1 N–H and O–H groups in total. The van der Waals surface area contributed by atoms with E-state index in [1.807, 2.05) is 18.2 Å². The number of nitrogens with one attached hydrogen (secondary N) is 1. The molecular weight excluding hydrogens is 266 g/mol. The largest absolute Gasteiger partial charge is 0.353 e. The molecule has 21 heavy (non-hydrogen) atoms. The topological polar surface area (TPSA) is 56.0 Å². The van der Waals surface area contributed by atoms with Crippen LogP contribution >= 0.6 is 0 Å². The summed E-state index contributed by atoms with van der Waals surface area (Å²) in [4.78, 5) is 24.0. The molecular formula is C16H21N3O2. The minimum Gasteiger partial charge on any atom is -0.353 e. The van der Waals surface area contributed by atoms with Crippen LogP contribution in [0.25, 0.3) is 11.0 Å². The van der Waals surface area contributed by atoms with E-state index in [0.717, 1.165) is 29.4 Å². The Bertz CT molecular complexity index is 736. The zero-order chi connectivity index (χ0) is 15.0. The highest BCUT2D eigenvalue weighted by Crippen LogP contribution is 2.18. The standard InChI is InChI=1S/C16H21N3O2/c1-18-13-8-7-11(9-14(13)19(2)16(18)21)10-15(20)17-12-5-3-4-6-12/h7-9,12H,3-6,10H2,1-2H3,(H,17,20). The van der Waals surface area contributed by atoms with Gasteiger partial charge in [-0.15, -0.1) is 0 Å². The maximum Gasteiger partial charge on any atom is 0.328 e. The quantitative estimate of drug-likeness (QED) is 0.929. The molecule has 1 aromatic carbocycles. The summed E-state index contributed by atoms with van der Waals surface area (Å²) in [7, 11) is 3.52. The van der Waals surface area contributed by atoms with E-state index >= 15 is 0 Å². The average molecular weight is 287 g/mol. The van der Waals surface area contributed by atoms with E-state index in [1.165, 1.54) is 12.8 Å². The highest BCUT2D eigenvalue weighted by atomic mass is 16.2. The fourth-order valence-electron chi connectivity index (χ4n) is 3.20. The van der Waals surface area contributed by atoms with Crippen LogP contribution in [0.5, 0.6) is 0 Å². The molecule has 1 heterocycles. The summed E-state index contributed by atoms with van der Waals surface area (Å²) in [5.74, 6) is 0.0715. The first-order valence-corrected chi connectivity index (χ1v) is 7.50. The summed E-state index contributed by atoms with van der Waals surface area (Å²) in [5.41, 5.74) is 2.66. The van der Waals surface area contributed by atoms with Crippen LogP contribution < -0.4 is 11.0 Å². The van der Waals surface area contributed by atoms with E-state index in [0.29, 0.717) is 12.5 Å². The van der Waals surface area contributed by atoms with Gasteiger partial charge in [-0.2, -0.15) is 0 Å². The molecule has 0 unspecified atom stereocenters. The first-order valence-electron chi connectivity index (χ1n) is 7.50. The van der Waals surface area contributed by atoms with Crippen molar-refractivity contribution in [2.45, 2.75) is 38.1 Å². The van der Waals surface area contributed by atoms with E-state index in [1.54, 1.807) is 23.2 Å². The summed E-state index contributed by atoms with van der Waals surface area (Å²) < 4.78 is 3.24. The molecule has 1 amide bonds. The Morgan fingerprint density at radius 1 is 1.19 bits per heavy atom. The lowest BCUT2D eigenvalue weighted by Crippen LogP contribution is -2.33. The predicted octanol–water partition coefficient (Wildman–Crippen LogP) is 1.48. The van der Waals surface area contributed by atoms with Crippen molar-refractivity contribution in [3.05, 3.63) is 34.2 Å². The number of amides is 1. The van der Waals surface area contributed by atoms with Crippen LogP contribution in [0.15, 0.2) is 23.0 Å². The number of aryl methyl sites for hydroxylation is 2. The Hall–Kier alpha value is -2.04. The molecule has 0 spiro atoms. The van der Waals surface area contributed by atoms with Crippen LogP contribution in [-0.4, -0.2) is 21.1 Å². The van der Waals surface area contributed by atoms with Gasteiger partial charge in [0.15, 0.2) is 0 Å². The molecule has 5 nitrogen and oxygen atoms in total. The lowest BCUT2D eigenvalue weighted by molar-refractivity contribution is -0.121. The third-order valence-electron chi connectivity index (χ3n) is 4.42. The van der Waals surface area contributed by atoms with Gasteiger partial charge in [-0.25, -0.2) is 4.79 Å². The van der Waals surface area contributed by atoms with Gasteiger partial charge >= 0.3 is 5.69 Å². The summed E-state index contributed by atoms with van der Waals surface area (Å²) in [5, 5.41) is 3.09. The number of carbonyl (C=O) groups is 1. The smallest absolute Gasteiger partial charge is 0.328 e. The predicted molar refractivity (Wildman–Crippen MR) is 82.3 cm³/mol. The second-order valence-electron chi connectivity index (χ2n) is 5.95. The molecule has 0 bridgehead atoms. The lowest BCUT2D eigenvalue weighted by atomic mass is 10.1. The number of fused-ring (bicyclic) bond motifs is 1. The van der Waals surface area contributed by atoms with Gasteiger partial charge in [0.05, 0.1) is 17.5 Å². The zero-order valence-electron chi connectivity index (χ0n) is 12.6. The van der Waals surface area contributed by atoms with Gasteiger partial charge in [-0.05, 0) is 30.5 Å². The molecule has 1 aromatic heterocycles. The van der Waals surface area contributed by atoms with Crippen molar-refractivity contribution in [1.29, 1.82) is 0 Å². The van der Waals surface area contributed by atoms with Crippen molar-refractivity contribution < 1.29 is 4.79 Å². The molecule has 5 heteroatoms. The summed E-state index contributed by atoms with van der Waals surface area (Å²) in [6.45, 7) is 0. The van der Waals surface area contributed by atoms with Crippen molar-refractivity contribution in [2.24, 2.45) is 14.1 Å². The van der Waals surface area contributed by atoms with E-state index in [4.69, 9.17) is 0 Å². The zero-order valence-corrected chi connectivity index (χ0v) is 12.6. The Kier molecular flexibility index (Phi) is 3.57. The minimum absolute atomic E-state index is 0.0439. The molecule has 0 atom stereocenters. The van der Waals surface area contributed by atoms with Crippen LogP contribution in [0.3, 0.4) is 0 Å². The van der Waals surface area contributed by atoms with Crippen molar-refractivity contribution >= 4 is 16.9 Å². The Morgan fingerprint density at radius 3 is 2.57 bits per heavy atom. The van der Waals surface area contributed by atoms with Crippen molar-refractivity contribution in [3.8, 4) is 0 Å². The lowest BCUT2D eigenvalue weighted by Gasteiger charge is -2.11. The van der Waals surface area contributed by atoms with Crippen LogP contribution in [-0.2, 0) is 25.3 Å². The van der Waals surface area contributed by atoms with Crippen molar-refractivity contribution in [1.82, 2.24) is 14.5 Å². The third kappa shape index (κ3) is 2.60. The Morgan fingerprint density at radius 2 is 1.86 bits per heavy atom. The van der Waals surface area contributed by atoms with Gasteiger partial charge < -0.3 is 5.32 Å². The normalized spacial score (nSPS) is 15.7. The van der Waals surface area contributed by atoms with Crippen LogP contribution in [0.1, 0.15) is 31.2 Å². The van der Waals surface area contributed by atoms with Crippen LogP contribution in [0.2, 0.25) is 0 Å². The van der Waals surface area contributed by atoms with E-state index in [-0.39, 0.29) is 11.6 Å². The minimum atomic E-state index is -0.0439. The van der Waals surface area contributed by atoms with Crippen molar-refractivity contribution in [3.63, 3.8) is 0 Å². The van der Waals surface area contributed by atoms with Crippen molar-refractivity contribution in [2.75, 3.05) is 0 Å². The fraction of sp³-hybridized carbons (Fsp3) is 0.500. The number of carbonyl (C=O) groups excluding carboxylic acids is 1. The molecule has 0 radical (unpaired) electrons. The molecule has 3 rings (SSSR count). The highest BCUT2D eigenvalue weighted by molar-refractivity contribution is 5.82. The third-order valence-corrected chi connectivity index (χ3v) is 4.42. The van der Waals surface area contributed by atoms with Gasteiger partial charge in [-0.3, -0.25) is 13.9 Å². The summed E-state index contributed by atoms with van der Waals surface area (Å²) >= 11 is 0. The number of rotatable bonds is 3. The molecule has 2 aromatic rings. The second kappa shape index (κ2) is 5.39. The molecule has 112 valence electrons. The van der Waals surface area contributed by atoms with Crippen LogP contribution in [0, 0.1) is 0 Å². The fourth-order valence-corrected chi connectivity index (χ4v) is 3.20. The molecule has 0 saturated heterocycles. The Labute approximate surface area is 123 Å². The van der Waals surface area contributed by atoms with E-state index in [9.17, 15) is 9.59 Å². The van der Waals surface area contributed by atoms with E-state index < -0.39 is 0 Å². The van der Waals surface area contributed by atoms with Gasteiger partial charge in [0.1, 0.15) is 0 Å². The molecule has 1 aliphatic carbocycles. The van der Waals surface area contributed by atoms with E-state index in [2.05, 4.69) is 5.32 Å². The number of hydrogen-bond donors (Lipinski definition) is 1. The van der Waals surface area contributed by atoms with Gasteiger partial charge in [0, 0.05) is 20.1 Å². The number of benzene rings is 1. The SMILES string of the molecule is Cn1c(=O)n(C)c2cc(CC(=O)NC3CCCC3)ccc21. The van der Waals surface area contributed by atoms with Crippen LogP contribution in [0.4, 0.5) is 0 Å². The molecule has 0 aliphatic heterocycles. The summed E-state index contributed by atoms with van der Waals surface area (Å²) in [6, 6.07) is 6.12. The maximum absolute atomic E-state index is 12.1. The first kappa shape index (κ1) is 13.9. The molecule has 1 fully saturated rings. The number of nitrogens with zero attached hydrogens (tertiary/aromatic N) is 2. The van der Waals surface area contributed by atoms with Gasteiger partial charge in [-0.1, -0.05) is 18.9 Å². The second-order valence-corrected chi connectivity index (χ2v) is 5.95. The average Bonchev–Trinajstić information content (AvgIpc) is 3.03. The maximum atomic E-state index is 12.1. The number of imidazole rings is 1. The number of hydrogen-bond acceptors (Lipinski definition) is 2. The molecule has 1 saturated carbocycles. The molecule has 1 aliphatic rings. The number of aromatic nitrogens is 2.